The molecule has 0 aliphatic heterocycles. The van der Waals surface area contributed by atoms with E-state index in [1.165, 1.54) is 24.3 Å². The first-order chi connectivity index (χ1) is 7.36. The van der Waals surface area contributed by atoms with Gasteiger partial charge in [-0.3, -0.25) is 4.79 Å². The molecule has 1 unspecified atom stereocenters. The topological polar surface area (TPSA) is 97.5 Å². The van der Waals surface area contributed by atoms with E-state index in [1.54, 1.807) is 0 Å². The summed E-state index contributed by atoms with van der Waals surface area (Å²) >= 11 is 0. The molecule has 0 saturated heterocycles. The van der Waals surface area contributed by atoms with Crippen LogP contribution in [0, 0.1) is 0 Å². The molecule has 1 atom stereocenters. The molecule has 88 valence electrons. The summed E-state index contributed by atoms with van der Waals surface area (Å²) in [7, 11) is -3.26. The summed E-state index contributed by atoms with van der Waals surface area (Å²) in [5.74, 6) is -0.414. The zero-order chi connectivity index (χ0) is 12.3. The van der Waals surface area contributed by atoms with Crippen LogP contribution in [0.15, 0.2) is 29.2 Å². The number of Topliss-reactive ketones (excluding diaryl/α,β-unsaturated/α-hetero) is 1. The average molecular weight is 243 g/mol. The van der Waals surface area contributed by atoms with Crippen LogP contribution in [-0.4, -0.2) is 38.2 Å². The quantitative estimate of drug-likeness (QED) is 0.701. The predicted octanol–water partition coefficient (Wildman–Crippen LogP) is -0.408. The Hall–Kier alpha value is -1.24. The minimum atomic E-state index is -3.26. The third kappa shape index (κ3) is 2.88. The van der Waals surface area contributed by atoms with Crippen LogP contribution in [0.4, 0.5) is 0 Å². The van der Waals surface area contributed by atoms with Crippen molar-refractivity contribution in [2.45, 2.75) is 10.9 Å². The van der Waals surface area contributed by atoms with Crippen LogP contribution in [0.3, 0.4) is 0 Å². The number of carbonyl (C=O) groups excluding carboxylic acids is 1. The third-order valence-electron chi connectivity index (χ3n) is 2.10. The lowest BCUT2D eigenvalue weighted by Gasteiger charge is -2.07. The molecule has 0 amide bonds. The van der Waals surface area contributed by atoms with E-state index in [0.29, 0.717) is 0 Å². The van der Waals surface area contributed by atoms with Crippen LogP contribution >= 0.6 is 0 Å². The van der Waals surface area contributed by atoms with E-state index in [0.717, 1.165) is 6.26 Å². The summed E-state index contributed by atoms with van der Waals surface area (Å²) in [4.78, 5) is 11.6. The second-order valence-electron chi connectivity index (χ2n) is 3.45. The molecule has 0 heterocycles. The lowest BCUT2D eigenvalue weighted by atomic mass is 10.1. The van der Waals surface area contributed by atoms with Crippen molar-refractivity contribution in [3.05, 3.63) is 29.8 Å². The second kappa shape index (κ2) is 4.73. The number of aliphatic hydroxyl groups is 1. The number of benzene rings is 1. The van der Waals surface area contributed by atoms with Crippen molar-refractivity contribution >= 4 is 15.6 Å². The molecule has 5 nitrogen and oxygen atoms in total. The van der Waals surface area contributed by atoms with Crippen molar-refractivity contribution in [1.29, 1.82) is 0 Å². The highest BCUT2D eigenvalue weighted by Crippen LogP contribution is 2.11. The largest absolute Gasteiger partial charge is 0.394 e. The van der Waals surface area contributed by atoms with Gasteiger partial charge in [0.1, 0.15) is 0 Å². The molecule has 0 aliphatic rings. The van der Waals surface area contributed by atoms with Gasteiger partial charge in [-0.2, -0.15) is 0 Å². The maximum absolute atomic E-state index is 11.5. The van der Waals surface area contributed by atoms with Gasteiger partial charge in [-0.15, -0.1) is 0 Å². The normalized spacial score (nSPS) is 13.4. The van der Waals surface area contributed by atoms with Crippen molar-refractivity contribution in [2.24, 2.45) is 5.73 Å². The summed E-state index contributed by atoms with van der Waals surface area (Å²) in [6.45, 7) is -0.438. The Morgan fingerprint density at radius 3 is 2.25 bits per heavy atom. The Morgan fingerprint density at radius 2 is 1.88 bits per heavy atom. The standard InChI is InChI=1S/C10H13NO4S/c1-16(14,15)8-4-2-7(3-5-8)10(13)9(11)6-12/h2-5,9,12H,6,11H2,1H3. The summed E-state index contributed by atoms with van der Waals surface area (Å²) in [6.07, 6.45) is 1.09. The van der Waals surface area contributed by atoms with E-state index in [1.807, 2.05) is 0 Å². The Bertz CT molecular complexity index is 478. The van der Waals surface area contributed by atoms with Gasteiger partial charge in [0.25, 0.3) is 0 Å². The first-order valence-electron chi connectivity index (χ1n) is 4.57. The molecule has 3 N–H and O–H groups in total. The van der Waals surface area contributed by atoms with Crippen LogP contribution in [0.5, 0.6) is 0 Å². The number of aliphatic hydroxyl groups excluding tert-OH is 1. The van der Waals surface area contributed by atoms with Gasteiger partial charge in [-0.05, 0) is 12.1 Å². The van der Waals surface area contributed by atoms with Crippen LogP contribution in [0.2, 0.25) is 0 Å². The van der Waals surface area contributed by atoms with Crippen molar-refractivity contribution < 1.29 is 18.3 Å². The minimum Gasteiger partial charge on any atom is -0.394 e. The molecule has 0 bridgehead atoms. The summed E-state index contributed by atoms with van der Waals surface area (Å²) in [5, 5.41) is 8.71. The lowest BCUT2D eigenvalue weighted by molar-refractivity contribution is 0.0925. The van der Waals surface area contributed by atoms with E-state index in [-0.39, 0.29) is 10.5 Å². The fourth-order valence-electron chi connectivity index (χ4n) is 1.16. The highest BCUT2D eigenvalue weighted by Gasteiger charge is 2.15. The fraction of sp³-hybridized carbons (Fsp3) is 0.300. The lowest BCUT2D eigenvalue weighted by Crippen LogP contribution is -2.33. The third-order valence-corrected chi connectivity index (χ3v) is 3.23. The molecule has 0 spiro atoms. The molecule has 0 aromatic heterocycles. The number of hydrogen-bond acceptors (Lipinski definition) is 5. The molecule has 0 fully saturated rings. The van der Waals surface area contributed by atoms with Crippen molar-refractivity contribution in [3.63, 3.8) is 0 Å². The summed E-state index contributed by atoms with van der Waals surface area (Å²) < 4.78 is 22.3. The van der Waals surface area contributed by atoms with E-state index in [2.05, 4.69) is 0 Å². The van der Waals surface area contributed by atoms with Gasteiger partial charge in [0.2, 0.25) is 0 Å². The highest BCUT2D eigenvalue weighted by atomic mass is 32.2. The molecule has 1 aromatic rings. The second-order valence-corrected chi connectivity index (χ2v) is 5.47. The molecular weight excluding hydrogens is 230 g/mol. The van der Waals surface area contributed by atoms with Gasteiger partial charge >= 0.3 is 0 Å². The maximum Gasteiger partial charge on any atom is 0.181 e. The number of hydrogen-bond donors (Lipinski definition) is 2. The van der Waals surface area contributed by atoms with Crippen LogP contribution < -0.4 is 5.73 Å². The first-order valence-corrected chi connectivity index (χ1v) is 6.46. The van der Waals surface area contributed by atoms with E-state index >= 15 is 0 Å². The minimum absolute atomic E-state index is 0.140. The van der Waals surface area contributed by atoms with Crippen LogP contribution in [0.25, 0.3) is 0 Å². The zero-order valence-corrected chi connectivity index (χ0v) is 9.57. The molecule has 1 rings (SSSR count). The maximum atomic E-state index is 11.5. The predicted molar refractivity (Wildman–Crippen MR) is 58.9 cm³/mol. The number of ketones is 1. The van der Waals surface area contributed by atoms with E-state index in [9.17, 15) is 13.2 Å². The van der Waals surface area contributed by atoms with Gasteiger partial charge in [0.15, 0.2) is 15.6 Å². The Labute approximate surface area is 93.8 Å². The number of sulfone groups is 1. The molecule has 16 heavy (non-hydrogen) atoms. The van der Waals surface area contributed by atoms with Gasteiger partial charge in [-0.25, -0.2) is 8.42 Å². The van der Waals surface area contributed by atoms with Gasteiger partial charge in [0.05, 0.1) is 17.5 Å². The molecule has 0 radical (unpaired) electrons. The number of rotatable bonds is 4. The number of carbonyl (C=O) groups is 1. The summed E-state index contributed by atoms with van der Waals surface area (Å²) in [5.41, 5.74) is 5.64. The van der Waals surface area contributed by atoms with Crippen LogP contribution in [0.1, 0.15) is 10.4 Å². The smallest absolute Gasteiger partial charge is 0.181 e. The summed E-state index contributed by atoms with van der Waals surface area (Å²) in [6, 6.07) is 4.48. The first kappa shape index (κ1) is 12.8. The van der Waals surface area contributed by atoms with Crippen molar-refractivity contribution in [3.8, 4) is 0 Å². The molecule has 0 saturated carbocycles. The van der Waals surface area contributed by atoms with Crippen molar-refractivity contribution in [2.75, 3.05) is 12.9 Å². The fourth-order valence-corrected chi connectivity index (χ4v) is 1.79. The van der Waals surface area contributed by atoms with E-state index < -0.39 is 28.3 Å². The Kier molecular flexibility index (Phi) is 3.79. The van der Waals surface area contributed by atoms with Crippen LogP contribution in [-0.2, 0) is 9.84 Å². The SMILES string of the molecule is CS(=O)(=O)c1ccc(C(=O)C(N)CO)cc1. The monoisotopic (exact) mass is 243 g/mol. The van der Waals surface area contributed by atoms with Gasteiger partial charge in [-0.1, -0.05) is 12.1 Å². The highest BCUT2D eigenvalue weighted by molar-refractivity contribution is 7.90. The van der Waals surface area contributed by atoms with E-state index in [4.69, 9.17) is 10.8 Å². The zero-order valence-electron chi connectivity index (χ0n) is 8.75. The van der Waals surface area contributed by atoms with Gasteiger partial charge < -0.3 is 10.8 Å². The van der Waals surface area contributed by atoms with Crippen molar-refractivity contribution in [1.82, 2.24) is 0 Å². The Balaban J connectivity index is 3.00. The molecule has 0 aliphatic carbocycles. The number of nitrogens with two attached hydrogens (primary N) is 1. The Morgan fingerprint density at radius 1 is 1.38 bits per heavy atom. The molecule has 6 heteroatoms. The molecular formula is C10H13NO4S. The average Bonchev–Trinajstić information content (AvgIpc) is 2.26. The molecule has 1 aromatic carbocycles. The van der Waals surface area contributed by atoms with Gasteiger partial charge in [0, 0.05) is 11.8 Å².